The van der Waals surface area contributed by atoms with E-state index >= 15 is 0 Å². The number of carbonyl (C=O) groups excluding carboxylic acids is 1. The number of nitrogens with one attached hydrogen (secondary N) is 1. The lowest BCUT2D eigenvalue weighted by atomic mass is 10.0. The topological polar surface area (TPSA) is 68.0 Å². The van der Waals surface area contributed by atoms with Gasteiger partial charge in [-0.15, -0.1) is 0 Å². The Bertz CT molecular complexity index is 425. The van der Waals surface area contributed by atoms with Crippen LogP contribution in [0, 0.1) is 5.92 Å². The highest BCUT2D eigenvalue weighted by molar-refractivity contribution is 7.80. The van der Waals surface area contributed by atoms with Crippen molar-refractivity contribution in [2.45, 2.75) is 19.8 Å². The number of nitrogens with two attached hydrogens (primary N) is 1. The van der Waals surface area contributed by atoms with Crippen LogP contribution in [0.2, 0.25) is 5.02 Å². The van der Waals surface area contributed by atoms with E-state index in [1.54, 1.807) is 18.3 Å². The zero-order valence-electron chi connectivity index (χ0n) is 9.44. The molecule has 1 aromatic rings. The molecule has 17 heavy (non-hydrogen) atoms. The molecule has 3 N–H and O–H groups in total. The summed E-state index contributed by atoms with van der Waals surface area (Å²) in [5.41, 5.74) is 5.53. The van der Waals surface area contributed by atoms with Gasteiger partial charge < -0.3 is 11.1 Å². The van der Waals surface area contributed by atoms with Crippen molar-refractivity contribution >= 4 is 40.5 Å². The molecule has 1 heterocycles. The molecule has 0 saturated heterocycles. The lowest BCUT2D eigenvalue weighted by molar-refractivity contribution is -0.118. The molecule has 0 aliphatic rings. The number of hydrogen-bond donors (Lipinski definition) is 2. The molecular weight excluding hydrogens is 258 g/mol. The minimum Gasteiger partial charge on any atom is -0.393 e. The summed E-state index contributed by atoms with van der Waals surface area (Å²) in [6.07, 6.45) is 2.99. The van der Waals surface area contributed by atoms with Gasteiger partial charge in [0.15, 0.2) is 5.82 Å². The minimum absolute atomic E-state index is 0.191. The van der Waals surface area contributed by atoms with E-state index in [4.69, 9.17) is 29.6 Å². The number of aromatic nitrogens is 1. The van der Waals surface area contributed by atoms with Crippen LogP contribution < -0.4 is 11.1 Å². The monoisotopic (exact) mass is 271 g/mol. The van der Waals surface area contributed by atoms with Crippen LogP contribution in [0.25, 0.3) is 0 Å². The van der Waals surface area contributed by atoms with Crippen molar-refractivity contribution in [1.29, 1.82) is 0 Å². The van der Waals surface area contributed by atoms with Crippen LogP contribution >= 0.6 is 23.8 Å². The van der Waals surface area contributed by atoms with Crippen molar-refractivity contribution in [2.24, 2.45) is 11.7 Å². The van der Waals surface area contributed by atoms with Crippen molar-refractivity contribution in [3.05, 3.63) is 23.4 Å². The lowest BCUT2D eigenvalue weighted by Crippen LogP contribution is -2.33. The van der Waals surface area contributed by atoms with Crippen LogP contribution in [0.1, 0.15) is 19.8 Å². The number of anilines is 1. The Morgan fingerprint density at radius 2 is 2.41 bits per heavy atom. The maximum absolute atomic E-state index is 11.9. The van der Waals surface area contributed by atoms with Gasteiger partial charge in [0, 0.05) is 6.20 Å². The summed E-state index contributed by atoms with van der Waals surface area (Å²) in [6.45, 7) is 1.96. The van der Waals surface area contributed by atoms with E-state index in [9.17, 15) is 4.79 Å². The van der Waals surface area contributed by atoms with Crippen LogP contribution in [0.4, 0.5) is 5.82 Å². The quantitative estimate of drug-likeness (QED) is 0.807. The molecular formula is C11H14ClN3OS. The predicted octanol–water partition coefficient (Wildman–Crippen LogP) is 2.38. The van der Waals surface area contributed by atoms with Gasteiger partial charge >= 0.3 is 0 Å². The molecule has 1 rings (SSSR count). The highest BCUT2D eigenvalue weighted by Crippen LogP contribution is 2.19. The van der Waals surface area contributed by atoms with Gasteiger partial charge in [0.25, 0.3) is 0 Å². The third-order valence-corrected chi connectivity index (χ3v) is 2.83. The van der Waals surface area contributed by atoms with Gasteiger partial charge in [0.1, 0.15) is 0 Å². The average Bonchev–Trinajstić information content (AvgIpc) is 2.28. The average molecular weight is 272 g/mol. The number of thiocarbonyl (C=S) groups is 1. The number of halogens is 1. The molecule has 0 fully saturated rings. The molecule has 0 aromatic carbocycles. The first-order valence-electron chi connectivity index (χ1n) is 5.27. The normalized spacial score (nSPS) is 11.9. The van der Waals surface area contributed by atoms with Gasteiger partial charge in [-0.05, 0) is 18.6 Å². The number of hydrogen-bond acceptors (Lipinski definition) is 3. The molecule has 0 aliphatic heterocycles. The number of carbonyl (C=O) groups is 1. The van der Waals surface area contributed by atoms with Gasteiger partial charge in [0.05, 0.1) is 15.9 Å². The second-order valence-electron chi connectivity index (χ2n) is 3.57. The van der Waals surface area contributed by atoms with E-state index in [0.29, 0.717) is 17.3 Å². The molecule has 1 amide bonds. The minimum atomic E-state index is -0.479. The van der Waals surface area contributed by atoms with Gasteiger partial charge in [-0.25, -0.2) is 4.98 Å². The van der Waals surface area contributed by atoms with E-state index in [0.717, 1.165) is 6.42 Å². The lowest BCUT2D eigenvalue weighted by Gasteiger charge is -2.14. The molecule has 0 spiro atoms. The van der Waals surface area contributed by atoms with Crippen molar-refractivity contribution in [3.8, 4) is 0 Å². The zero-order valence-corrected chi connectivity index (χ0v) is 11.0. The smallest absolute Gasteiger partial charge is 0.235 e. The van der Waals surface area contributed by atoms with E-state index < -0.39 is 5.92 Å². The Labute approximate surface area is 111 Å². The molecule has 6 heteroatoms. The van der Waals surface area contributed by atoms with Crippen LogP contribution in [0.3, 0.4) is 0 Å². The first kappa shape index (κ1) is 13.9. The van der Waals surface area contributed by atoms with Crippen LogP contribution in [0.15, 0.2) is 18.3 Å². The third kappa shape index (κ3) is 3.94. The van der Waals surface area contributed by atoms with Crippen molar-refractivity contribution in [2.75, 3.05) is 5.32 Å². The third-order valence-electron chi connectivity index (χ3n) is 2.24. The summed E-state index contributed by atoms with van der Waals surface area (Å²) >= 11 is 10.8. The second-order valence-corrected chi connectivity index (χ2v) is 4.45. The second kappa shape index (κ2) is 6.51. The fourth-order valence-corrected chi connectivity index (χ4v) is 1.77. The Hall–Kier alpha value is -1.20. The summed E-state index contributed by atoms with van der Waals surface area (Å²) in [4.78, 5) is 16.1. The molecule has 1 atom stereocenters. The molecule has 0 radical (unpaired) electrons. The molecule has 1 unspecified atom stereocenters. The summed E-state index contributed by atoms with van der Waals surface area (Å²) in [7, 11) is 0. The van der Waals surface area contributed by atoms with E-state index in [1.807, 2.05) is 6.92 Å². The number of pyridine rings is 1. The number of amides is 1. The van der Waals surface area contributed by atoms with Crippen molar-refractivity contribution < 1.29 is 4.79 Å². The standard InChI is InChI=1S/C11H14ClN3OS/c1-2-4-7(9(13)17)11(16)15-10-8(12)5-3-6-14-10/h3,5-7H,2,4H2,1H3,(H2,13,17)(H,14,15,16). The van der Waals surface area contributed by atoms with Gasteiger partial charge in [-0.3, -0.25) is 4.79 Å². The maximum Gasteiger partial charge on any atom is 0.235 e. The largest absolute Gasteiger partial charge is 0.393 e. The number of rotatable bonds is 5. The summed E-state index contributed by atoms with van der Waals surface area (Å²) in [6, 6.07) is 3.34. The van der Waals surface area contributed by atoms with Gasteiger partial charge in [0.2, 0.25) is 5.91 Å². The molecule has 0 aliphatic carbocycles. The molecule has 1 aromatic heterocycles. The SMILES string of the molecule is CCCC(C(=O)Nc1ncccc1Cl)C(N)=S. The highest BCUT2D eigenvalue weighted by Gasteiger charge is 2.21. The zero-order chi connectivity index (χ0) is 12.8. The summed E-state index contributed by atoms with van der Waals surface area (Å²) < 4.78 is 0. The Kier molecular flexibility index (Phi) is 5.31. The Morgan fingerprint density at radius 3 is 2.94 bits per heavy atom. The molecule has 0 bridgehead atoms. The molecule has 0 saturated carbocycles. The van der Waals surface area contributed by atoms with Gasteiger partial charge in [-0.2, -0.15) is 0 Å². The fourth-order valence-electron chi connectivity index (χ4n) is 1.37. The molecule has 4 nitrogen and oxygen atoms in total. The first-order valence-corrected chi connectivity index (χ1v) is 6.05. The predicted molar refractivity (Wildman–Crippen MR) is 73.1 cm³/mol. The van der Waals surface area contributed by atoms with Crippen LogP contribution in [0.5, 0.6) is 0 Å². The summed E-state index contributed by atoms with van der Waals surface area (Å²) in [5.74, 6) is -0.412. The first-order chi connectivity index (χ1) is 8.06. The summed E-state index contributed by atoms with van der Waals surface area (Å²) in [5, 5.41) is 3.01. The number of nitrogens with zero attached hydrogens (tertiary/aromatic N) is 1. The van der Waals surface area contributed by atoms with E-state index in [-0.39, 0.29) is 10.9 Å². The van der Waals surface area contributed by atoms with E-state index in [2.05, 4.69) is 10.3 Å². The van der Waals surface area contributed by atoms with Crippen LogP contribution in [-0.2, 0) is 4.79 Å². The van der Waals surface area contributed by atoms with Crippen molar-refractivity contribution in [3.63, 3.8) is 0 Å². The fraction of sp³-hybridized carbons (Fsp3) is 0.364. The Balaban J connectivity index is 2.77. The van der Waals surface area contributed by atoms with Crippen molar-refractivity contribution in [1.82, 2.24) is 4.98 Å². The highest BCUT2D eigenvalue weighted by atomic mass is 35.5. The molecule has 92 valence electrons. The maximum atomic E-state index is 11.9. The Morgan fingerprint density at radius 1 is 1.71 bits per heavy atom. The van der Waals surface area contributed by atoms with Gasteiger partial charge in [-0.1, -0.05) is 37.2 Å². The van der Waals surface area contributed by atoms with E-state index in [1.165, 1.54) is 0 Å². The van der Waals surface area contributed by atoms with Crippen LogP contribution in [-0.4, -0.2) is 15.9 Å².